The highest BCUT2D eigenvalue weighted by molar-refractivity contribution is 7.21. The van der Waals surface area contributed by atoms with Gasteiger partial charge in [0.2, 0.25) is 5.95 Å². The first kappa shape index (κ1) is 24.0. The van der Waals surface area contributed by atoms with Gasteiger partial charge in [-0.2, -0.15) is 4.98 Å². The van der Waals surface area contributed by atoms with E-state index >= 15 is 0 Å². The molecular formula is C28H38N6OS. The molecule has 6 rings (SSSR count). The van der Waals surface area contributed by atoms with Gasteiger partial charge >= 0.3 is 0 Å². The van der Waals surface area contributed by atoms with Crippen LogP contribution in [-0.4, -0.2) is 42.2 Å². The number of aryl methyl sites for hydroxylation is 2. The average molecular weight is 507 g/mol. The van der Waals surface area contributed by atoms with Crippen molar-refractivity contribution in [3.63, 3.8) is 0 Å². The van der Waals surface area contributed by atoms with Crippen molar-refractivity contribution in [3.05, 3.63) is 23.7 Å². The fourth-order valence-corrected chi connectivity index (χ4v) is 7.61. The number of fused-ring (bicyclic) bond motifs is 1. The van der Waals surface area contributed by atoms with E-state index in [0.717, 1.165) is 69.1 Å². The summed E-state index contributed by atoms with van der Waals surface area (Å²) in [5, 5.41) is 19.1. The Kier molecular flexibility index (Phi) is 5.95. The summed E-state index contributed by atoms with van der Waals surface area (Å²) in [6, 6.07) is 2.30. The minimum atomic E-state index is -0.662. The first-order valence-electron chi connectivity index (χ1n) is 13.6. The van der Waals surface area contributed by atoms with Gasteiger partial charge in [-0.05, 0) is 90.5 Å². The molecule has 3 saturated carbocycles. The number of pyridine rings is 1. The number of hydrogen-bond acceptors (Lipinski definition) is 8. The van der Waals surface area contributed by atoms with Gasteiger partial charge in [0.15, 0.2) is 0 Å². The van der Waals surface area contributed by atoms with E-state index in [1.54, 1.807) is 11.3 Å². The molecule has 2 unspecified atom stereocenters. The van der Waals surface area contributed by atoms with Crippen LogP contribution in [0.5, 0.6) is 0 Å². The minimum absolute atomic E-state index is 0.180. The average Bonchev–Trinajstić information content (AvgIpc) is 3.25. The summed E-state index contributed by atoms with van der Waals surface area (Å²) in [5.74, 6) is 2.62. The van der Waals surface area contributed by atoms with Crippen molar-refractivity contribution in [3.8, 4) is 10.6 Å². The number of thiazole rings is 1. The fraction of sp³-hybridized carbons (Fsp3) is 0.643. The van der Waals surface area contributed by atoms with Crippen molar-refractivity contribution in [1.29, 1.82) is 0 Å². The largest absolute Gasteiger partial charge is 0.390 e. The molecule has 3 fully saturated rings. The molecule has 0 aromatic carbocycles. The van der Waals surface area contributed by atoms with Gasteiger partial charge in [-0.25, -0.2) is 9.97 Å². The molecule has 0 spiro atoms. The van der Waals surface area contributed by atoms with Crippen LogP contribution in [0.3, 0.4) is 0 Å². The topological polar surface area (TPSA) is 95.9 Å². The van der Waals surface area contributed by atoms with Gasteiger partial charge in [-0.3, -0.25) is 4.98 Å². The highest BCUT2D eigenvalue weighted by Crippen LogP contribution is 2.51. The summed E-state index contributed by atoms with van der Waals surface area (Å²) in [4.78, 5) is 19.5. The van der Waals surface area contributed by atoms with Crippen LogP contribution in [0.25, 0.3) is 20.8 Å². The number of aromatic nitrogens is 4. The zero-order valence-electron chi connectivity index (χ0n) is 21.9. The Balaban J connectivity index is 1.36. The number of nitrogens with zero attached hydrogens (tertiary/aromatic N) is 4. The molecular weight excluding hydrogens is 468 g/mol. The van der Waals surface area contributed by atoms with E-state index < -0.39 is 5.60 Å². The maximum absolute atomic E-state index is 10.6. The van der Waals surface area contributed by atoms with E-state index in [4.69, 9.17) is 15.0 Å². The monoisotopic (exact) mass is 506 g/mol. The van der Waals surface area contributed by atoms with Crippen molar-refractivity contribution in [2.45, 2.75) is 103 Å². The molecule has 2 atom stereocenters. The molecule has 3 aliphatic carbocycles. The Labute approximate surface area is 217 Å². The molecule has 3 aromatic heterocycles. The number of aliphatic hydroxyl groups is 1. The Morgan fingerprint density at radius 2 is 1.81 bits per heavy atom. The van der Waals surface area contributed by atoms with Crippen LogP contribution in [0.2, 0.25) is 0 Å². The predicted molar refractivity (Wildman–Crippen MR) is 147 cm³/mol. The van der Waals surface area contributed by atoms with E-state index in [9.17, 15) is 5.11 Å². The molecule has 3 aromatic rings. The van der Waals surface area contributed by atoms with Crippen molar-refractivity contribution in [2.75, 3.05) is 10.6 Å². The molecule has 3 heterocycles. The van der Waals surface area contributed by atoms with Crippen LogP contribution in [0.4, 0.5) is 11.8 Å². The lowest BCUT2D eigenvalue weighted by molar-refractivity contribution is 0.0197. The lowest BCUT2D eigenvalue weighted by Gasteiger charge is -2.26. The minimum Gasteiger partial charge on any atom is -0.390 e. The molecule has 3 N–H and O–H groups in total. The Morgan fingerprint density at radius 3 is 2.47 bits per heavy atom. The SMILES string of the molecule is Cc1nc(NC2(C3CCCC3)CC2)nc(NC2CCC(C(C)(C)O)C2)c1-c1nc2c(C)nccc2s1. The first-order chi connectivity index (χ1) is 17.2. The summed E-state index contributed by atoms with van der Waals surface area (Å²) in [5.41, 5.74) is 3.34. The van der Waals surface area contributed by atoms with Gasteiger partial charge in [-0.15, -0.1) is 11.3 Å². The highest BCUT2D eigenvalue weighted by Gasteiger charge is 2.50. The van der Waals surface area contributed by atoms with Crippen LogP contribution in [-0.2, 0) is 0 Å². The quantitative estimate of drug-likeness (QED) is 0.348. The van der Waals surface area contributed by atoms with Crippen molar-refractivity contribution in [2.24, 2.45) is 11.8 Å². The van der Waals surface area contributed by atoms with Crippen LogP contribution >= 0.6 is 11.3 Å². The molecule has 36 heavy (non-hydrogen) atoms. The van der Waals surface area contributed by atoms with E-state index in [0.29, 0.717) is 0 Å². The molecule has 7 nitrogen and oxygen atoms in total. The van der Waals surface area contributed by atoms with Gasteiger partial charge in [0.1, 0.15) is 16.3 Å². The zero-order chi connectivity index (χ0) is 25.1. The molecule has 3 aliphatic rings. The Hall–Kier alpha value is -2.32. The van der Waals surface area contributed by atoms with E-state index in [1.165, 1.54) is 38.5 Å². The molecule has 0 saturated heterocycles. The van der Waals surface area contributed by atoms with Crippen LogP contribution in [0, 0.1) is 25.7 Å². The van der Waals surface area contributed by atoms with Gasteiger partial charge < -0.3 is 15.7 Å². The summed E-state index contributed by atoms with van der Waals surface area (Å²) >= 11 is 1.68. The number of hydrogen-bond donors (Lipinski definition) is 3. The van der Waals surface area contributed by atoms with E-state index in [-0.39, 0.29) is 17.5 Å². The zero-order valence-corrected chi connectivity index (χ0v) is 22.7. The smallest absolute Gasteiger partial charge is 0.225 e. The second-order valence-electron chi connectivity index (χ2n) is 11.9. The second kappa shape index (κ2) is 8.91. The number of anilines is 2. The maximum Gasteiger partial charge on any atom is 0.225 e. The van der Waals surface area contributed by atoms with Crippen LogP contribution in [0.15, 0.2) is 12.3 Å². The van der Waals surface area contributed by atoms with Gasteiger partial charge in [0, 0.05) is 17.8 Å². The summed E-state index contributed by atoms with van der Waals surface area (Å²) in [6.45, 7) is 7.94. The lowest BCUT2D eigenvalue weighted by atomic mass is 9.89. The lowest BCUT2D eigenvalue weighted by Crippen LogP contribution is -2.31. The highest BCUT2D eigenvalue weighted by atomic mass is 32.1. The summed E-state index contributed by atoms with van der Waals surface area (Å²) in [6.07, 6.45) is 12.6. The first-order valence-corrected chi connectivity index (χ1v) is 14.4. The molecule has 0 aliphatic heterocycles. The third-order valence-electron chi connectivity index (χ3n) is 8.85. The van der Waals surface area contributed by atoms with Crippen LogP contribution < -0.4 is 10.6 Å². The molecule has 0 amide bonds. The standard InChI is InChI=1S/C28H38N6OS/c1-16-22(25-32-23-17(2)29-14-11-21(23)36-25)24(31-20-10-9-19(15-20)27(3,4)35)33-26(30-16)34-28(12-13-28)18-7-5-6-8-18/h11,14,18-20,35H,5-10,12-13,15H2,1-4H3,(H2,30,31,33,34). The van der Waals surface area contributed by atoms with Gasteiger partial charge in [0.05, 0.1) is 27.3 Å². The number of rotatable bonds is 7. The summed E-state index contributed by atoms with van der Waals surface area (Å²) < 4.78 is 1.13. The van der Waals surface area contributed by atoms with E-state index in [1.807, 2.05) is 33.0 Å². The number of nitrogens with one attached hydrogen (secondary N) is 2. The van der Waals surface area contributed by atoms with Gasteiger partial charge in [-0.1, -0.05) is 12.8 Å². The van der Waals surface area contributed by atoms with Gasteiger partial charge in [0.25, 0.3) is 0 Å². The second-order valence-corrected chi connectivity index (χ2v) is 12.9. The summed E-state index contributed by atoms with van der Waals surface area (Å²) in [7, 11) is 0. The van der Waals surface area contributed by atoms with Crippen molar-refractivity contribution < 1.29 is 5.11 Å². The third-order valence-corrected chi connectivity index (χ3v) is 9.89. The molecule has 192 valence electrons. The maximum atomic E-state index is 10.6. The van der Waals surface area contributed by atoms with Crippen LogP contribution in [0.1, 0.15) is 83.0 Å². The predicted octanol–water partition coefficient (Wildman–Crippen LogP) is 6.25. The van der Waals surface area contributed by atoms with E-state index in [2.05, 4.69) is 22.5 Å². The molecule has 0 radical (unpaired) electrons. The normalized spacial score (nSPS) is 23.9. The molecule has 8 heteroatoms. The fourth-order valence-electron chi connectivity index (χ4n) is 6.50. The van der Waals surface area contributed by atoms with Crippen molar-refractivity contribution >= 4 is 33.3 Å². The Bertz CT molecular complexity index is 1270. The molecule has 0 bridgehead atoms. The van der Waals surface area contributed by atoms with Crippen molar-refractivity contribution in [1.82, 2.24) is 19.9 Å². The third kappa shape index (κ3) is 4.47. The Morgan fingerprint density at radius 1 is 1.03 bits per heavy atom.